The highest BCUT2D eigenvalue weighted by Gasteiger charge is 2.25. The Morgan fingerprint density at radius 1 is 1.15 bits per heavy atom. The molecule has 0 spiro atoms. The van der Waals surface area contributed by atoms with Gasteiger partial charge in [-0.25, -0.2) is 4.79 Å². The van der Waals surface area contributed by atoms with Gasteiger partial charge >= 0.3 is 5.97 Å². The highest BCUT2D eigenvalue weighted by Crippen LogP contribution is 2.19. The molecule has 0 aliphatic heterocycles. The molecule has 1 aromatic heterocycles. The van der Waals surface area contributed by atoms with Crippen LogP contribution in [-0.2, 0) is 6.54 Å². The second kappa shape index (κ2) is 7.45. The van der Waals surface area contributed by atoms with Gasteiger partial charge in [0.2, 0.25) is 0 Å². The van der Waals surface area contributed by atoms with Crippen molar-refractivity contribution in [1.82, 2.24) is 15.2 Å². The van der Waals surface area contributed by atoms with Gasteiger partial charge in [0.05, 0.1) is 17.7 Å². The number of hydrogen-bond acceptors (Lipinski definition) is 4. The number of pyridine rings is 1. The van der Waals surface area contributed by atoms with Crippen molar-refractivity contribution < 1.29 is 19.5 Å². The minimum absolute atomic E-state index is 0.0362. The average Bonchev–Trinajstić information content (AvgIpc) is 3.46. The Bertz CT molecular complexity index is 976. The fourth-order valence-corrected chi connectivity index (χ4v) is 2.67. The first kappa shape index (κ1) is 18.4. The zero-order valence-corrected chi connectivity index (χ0v) is 14.7. The summed E-state index contributed by atoms with van der Waals surface area (Å²) in [6, 6.07) is 7.56. The lowest BCUT2D eigenvalue weighted by atomic mass is 10.1. The molecular formula is C19H19N3O5. The molecular weight excluding hydrogens is 350 g/mol. The van der Waals surface area contributed by atoms with Crippen molar-refractivity contribution in [3.8, 4) is 0 Å². The molecule has 27 heavy (non-hydrogen) atoms. The van der Waals surface area contributed by atoms with Crippen LogP contribution in [0.2, 0.25) is 0 Å². The van der Waals surface area contributed by atoms with Crippen LogP contribution in [0.15, 0.2) is 41.3 Å². The molecule has 1 fully saturated rings. The van der Waals surface area contributed by atoms with E-state index in [1.165, 1.54) is 36.0 Å². The molecule has 0 unspecified atom stereocenters. The maximum atomic E-state index is 12.7. The summed E-state index contributed by atoms with van der Waals surface area (Å²) in [4.78, 5) is 48.2. The second-order valence-electron chi connectivity index (χ2n) is 6.41. The lowest BCUT2D eigenvalue weighted by Crippen LogP contribution is -2.34. The molecule has 1 aromatic carbocycles. The summed E-state index contributed by atoms with van der Waals surface area (Å²) >= 11 is 0. The van der Waals surface area contributed by atoms with E-state index in [9.17, 15) is 19.2 Å². The zero-order chi connectivity index (χ0) is 19.6. The molecule has 140 valence electrons. The standard InChI is InChI=1S/C19H19N3O5/c1-20-17(24)15-8-13(16(23)21-14-5-6-14)10-22(18(15)25)9-11-3-2-4-12(7-11)19(26)27/h2-4,7-8,10,14H,5-6,9H2,1H3,(H,20,24)(H,21,23)(H,26,27). The molecule has 0 atom stereocenters. The van der Waals surface area contributed by atoms with Crippen molar-refractivity contribution in [1.29, 1.82) is 0 Å². The van der Waals surface area contributed by atoms with Crippen LogP contribution in [0.3, 0.4) is 0 Å². The lowest BCUT2D eigenvalue weighted by Gasteiger charge is -2.12. The topological polar surface area (TPSA) is 118 Å². The van der Waals surface area contributed by atoms with Gasteiger partial charge in [0.25, 0.3) is 17.4 Å². The summed E-state index contributed by atoms with van der Waals surface area (Å²) in [6.07, 6.45) is 3.21. The maximum Gasteiger partial charge on any atom is 0.335 e. The Hall–Kier alpha value is -3.42. The highest BCUT2D eigenvalue weighted by molar-refractivity contribution is 5.99. The van der Waals surface area contributed by atoms with E-state index in [2.05, 4.69) is 10.6 Å². The van der Waals surface area contributed by atoms with E-state index < -0.39 is 17.4 Å². The van der Waals surface area contributed by atoms with Crippen LogP contribution in [0.25, 0.3) is 0 Å². The largest absolute Gasteiger partial charge is 0.478 e. The minimum atomic E-state index is -1.08. The van der Waals surface area contributed by atoms with Gasteiger partial charge in [-0.1, -0.05) is 12.1 Å². The third-order valence-electron chi connectivity index (χ3n) is 4.26. The van der Waals surface area contributed by atoms with Crippen LogP contribution < -0.4 is 16.2 Å². The van der Waals surface area contributed by atoms with Crippen LogP contribution in [0.5, 0.6) is 0 Å². The number of carboxylic acid groups (broad SMARTS) is 1. The normalized spacial score (nSPS) is 13.1. The molecule has 0 radical (unpaired) electrons. The Morgan fingerprint density at radius 3 is 2.52 bits per heavy atom. The van der Waals surface area contributed by atoms with Crippen molar-refractivity contribution >= 4 is 17.8 Å². The average molecular weight is 369 g/mol. The number of nitrogens with zero attached hydrogens (tertiary/aromatic N) is 1. The summed E-state index contributed by atoms with van der Waals surface area (Å²) in [5.74, 6) is -2.02. The van der Waals surface area contributed by atoms with Crippen LogP contribution >= 0.6 is 0 Å². The van der Waals surface area contributed by atoms with Gasteiger partial charge in [0.15, 0.2) is 0 Å². The number of amides is 2. The molecule has 3 rings (SSSR count). The molecule has 1 aliphatic carbocycles. The predicted octanol–water partition coefficient (Wildman–Crippen LogP) is 0.847. The first-order valence-electron chi connectivity index (χ1n) is 8.48. The Kier molecular flexibility index (Phi) is 5.07. The number of hydrogen-bond donors (Lipinski definition) is 3. The highest BCUT2D eigenvalue weighted by atomic mass is 16.4. The Balaban J connectivity index is 2.00. The van der Waals surface area contributed by atoms with E-state index in [-0.39, 0.29) is 35.2 Å². The number of aromatic nitrogens is 1. The lowest BCUT2D eigenvalue weighted by molar-refractivity contribution is 0.0696. The summed E-state index contributed by atoms with van der Waals surface area (Å²) in [5, 5.41) is 14.3. The van der Waals surface area contributed by atoms with E-state index in [0.717, 1.165) is 12.8 Å². The van der Waals surface area contributed by atoms with E-state index in [4.69, 9.17) is 5.11 Å². The fourth-order valence-electron chi connectivity index (χ4n) is 2.67. The van der Waals surface area contributed by atoms with E-state index in [1.54, 1.807) is 12.1 Å². The number of aromatic carboxylic acids is 1. The van der Waals surface area contributed by atoms with Crippen LogP contribution in [0.4, 0.5) is 0 Å². The van der Waals surface area contributed by atoms with Crippen molar-refractivity contribution in [3.63, 3.8) is 0 Å². The monoisotopic (exact) mass is 369 g/mol. The molecule has 1 heterocycles. The van der Waals surface area contributed by atoms with Crippen molar-refractivity contribution in [2.45, 2.75) is 25.4 Å². The van der Waals surface area contributed by atoms with Gasteiger partial charge in [0, 0.05) is 19.3 Å². The van der Waals surface area contributed by atoms with Gasteiger partial charge in [-0.3, -0.25) is 14.4 Å². The first-order valence-corrected chi connectivity index (χ1v) is 8.48. The third-order valence-corrected chi connectivity index (χ3v) is 4.26. The van der Waals surface area contributed by atoms with Gasteiger partial charge in [-0.05, 0) is 36.6 Å². The third kappa shape index (κ3) is 4.22. The van der Waals surface area contributed by atoms with E-state index in [0.29, 0.717) is 5.56 Å². The number of carbonyl (C=O) groups excluding carboxylic acids is 2. The summed E-state index contributed by atoms with van der Waals surface area (Å²) in [6.45, 7) is 0.0362. The SMILES string of the molecule is CNC(=O)c1cc(C(=O)NC2CC2)cn(Cc2cccc(C(=O)O)c2)c1=O. The van der Waals surface area contributed by atoms with Crippen LogP contribution in [0, 0.1) is 0 Å². The summed E-state index contributed by atoms with van der Waals surface area (Å²) in [5.41, 5.74) is 0.164. The minimum Gasteiger partial charge on any atom is -0.478 e. The van der Waals surface area contributed by atoms with Crippen LogP contribution in [0.1, 0.15) is 49.5 Å². The second-order valence-corrected chi connectivity index (χ2v) is 6.41. The zero-order valence-electron chi connectivity index (χ0n) is 14.7. The Labute approximate surface area is 154 Å². The van der Waals surface area contributed by atoms with Crippen molar-refractivity contribution in [2.75, 3.05) is 7.05 Å². The fraction of sp³-hybridized carbons (Fsp3) is 0.263. The number of nitrogens with one attached hydrogen (secondary N) is 2. The maximum absolute atomic E-state index is 12.7. The Morgan fingerprint density at radius 2 is 1.89 bits per heavy atom. The van der Waals surface area contributed by atoms with E-state index >= 15 is 0 Å². The molecule has 1 saturated carbocycles. The molecule has 0 saturated heterocycles. The number of benzene rings is 1. The molecule has 8 nitrogen and oxygen atoms in total. The summed E-state index contributed by atoms with van der Waals surface area (Å²) in [7, 11) is 1.40. The quantitative estimate of drug-likeness (QED) is 0.698. The molecule has 2 amide bonds. The van der Waals surface area contributed by atoms with Crippen molar-refractivity contribution in [3.05, 3.63) is 69.1 Å². The van der Waals surface area contributed by atoms with Gasteiger partial charge in [-0.2, -0.15) is 0 Å². The van der Waals surface area contributed by atoms with Crippen LogP contribution in [-0.4, -0.2) is 40.5 Å². The van der Waals surface area contributed by atoms with Gasteiger partial charge < -0.3 is 20.3 Å². The predicted molar refractivity (Wildman–Crippen MR) is 97.1 cm³/mol. The molecule has 2 aromatic rings. The molecule has 8 heteroatoms. The number of carbonyl (C=O) groups is 3. The van der Waals surface area contributed by atoms with Crippen molar-refractivity contribution in [2.24, 2.45) is 0 Å². The van der Waals surface area contributed by atoms with Gasteiger partial charge in [-0.15, -0.1) is 0 Å². The molecule has 1 aliphatic rings. The molecule has 3 N–H and O–H groups in total. The first-order chi connectivity index (χ1) is 12.9. The number of rotatable bonds is 6. The van der Waals surface area contributed by atoms with E-state index in [1.807, 2.05) is 0 Å². The summed E-state index contributed by atoms with van der Waals surface area (Å²) < 4.78 is 1.24. The number of carboxylic acids is 1. The smallest absolute Gasteiger partial charge is 0.335 e. The molecule has 0 bridgehead atoms. The van der Waals surface area contributed by atoms with Gasteiger partial charge in [0.1, 0.15) is 5.56 Å².